The van der Waals surface area contributed by atoms with E-state index in [1.807, 2.05) is 0 Å². The predicted molar refractivity (Wildman–Crippen MR) is 18.1 cm³/mol. The first-order valence-corrected chi connectivity index (χ1v) is 0.565. The van der Waals surface area contributed by atoms with Crippen molar-refractivity contribution in [2.75, 3.05) is 0 Å². The third kappa shape index (κ3) is 20.9. The number of nitrogens with zero attached hydrogens (tertiary/aromatic N) is 1. The highest BCUT2D eigenvalue weighted by atomic mass is 16.9. The van der Waals surface area contributed by atoms with E-state index in [0.717, 1.165) is 0 Å². The van der Waals surface area contributed by atoms with Crippen LogP contribution in [0.5, 0.6) is 0 Å². The maximum absolute atomic E-state index is 8.36. The molecule has 6 heavy (non-hydrogen) atoms. The van der Waals surface area contributed by atoms with Crippen molar-refractivity contribution in [3.05, 3.63) is 17.5 Å². The van der Waals surface area contributed by atoms with Gasteiger partial charge < -0.3 is 11.4 Å². The van der Waals surface area contributed by atoms with E-state index < -0.39 is 5.09 Å². The third-order valence-corrected chi connectivity index (χ3v) is 0. The second kappa shape index (κ2) is 8.90. The normalized spacial score (nSPS) is 4.00. The Labute approximate surface area is 35.3 Å². The second-order valence-electron chi connectivity index (χ2n) is 0.238. The van der Waals surface area contributed by atoms with Gasteiger partial charge in [-0.05, 0) is 7.43 Å². The van der Waals surface area contributed by atoms with Crippen molar-refractivity contribution >= 4 is 0 Å². The first kappa shape index (κ1) is 19.1. The Kier molecular flexibility index (Phi) is 28.4. The third-order valence-electron chi connectivity index (χ3n) is 0. The Bertz CT molecular complexity index is 31.8. The fourth-order valence-corrected chi connectivity index (χ4v) is 0. The lowest BCUT2D eigenvalue weighted by atomic mass is 12.0. The van der Waals surface area contributed by atoms with E-state index in [-0.39, 0.29) is 13.6 Å². The summed E-state index contributed by atoms with van der Waals surface area (Å²) < 4.78 is 0. The molecule has 0 aliphatic rings. The molecule has 0 spiro atoms. The van der Waals surface area contributed by atoms with Crippen molar-refractivity contribution in [1.29, 1.82) is 0 Å². The van der Waals surface area contributed by atoms with Gasteiger partial charge in [-0.25, -0.2) is 0 Å². The van der Waals surface area contributed by atoms with Gasteiger partial charge in [0, 0.05) is 0 Å². The molecule has 0 heterocycles. The highest BCUT2D eigenvalue weighted by Gasteiger charge is 1.65. The van der Waals surface area contributed by atoms with E-state index in [1.54, 1.807) is 0 Å². The molecule has 0 aromatic heterocycles. The molecule has 0 fully saturated rings. The molecule has 0 aliphatic heterocycles. The quantitative estimate of drug-likeness (QED) is 0.325. The van der Waals surface area contributed by atoms with Gasteiger partial charge in [-0.2, -0.15) is 0 Å². The van der Waals surface area contributed by atoms with Crippen molar-refractivity contribution in [2.24, 2.45) is 0 Å². The zero-order valence-corrected chi connectivity index (χ0v) is 3.00. The van der Waals surface area contributed by atoms with Gasteiger partial charge in [0.2, 0.25) is 0 Å². The van der Waals surface area contributed by atoms with Gasteiger partial charge in [0.1, 0.15) is 0 Å². The van der Waals surface area contributed by atoms with Crippen LogP contribution in [0.15, 0.2) is 0 Å². The minimum absolute atomic E-state index is 0. The first-order chi connectivity index (χ1) is 1.73. The average Bonchev–Trinajstić information content (AvgIpc) is 0.811. The summed E-state index contributed by atoms with van der Waals surface area (Å²) >= 11 is 0. The predicted octanol–water partition coefficient (Wildman–Crippen LogP) is 0.0186. The molecule has 5 nitrogen and oxygen atoms in total. The van der Waals surface area contributed by atoms with Crippen LogP contribution in [-0.4, -0.2) is 10.3 Å². The van der Waals surface area contributed by atoms with Crippen molar-refractivity contribution in [2.45, 2.75) is 0 Å². The Hall–Kier alpha value is -0.840. The maximum Gasteiger partial charge on any atom is 0.291 e. The van der Waals surface area contributed by atoms with Gasteiger partial charge in [0.15, 0.2) is 0 Å². The van der Waals surface area contributed by atoms with Gasteiger partial charge >= 0.3 is 0 Å². The lowest BCUT2D eigenvalue weighted by Gasteiger charge is -1.56. The molecule has 0 aliphatic carbocycles. The van der Waals surface area contributed by atoms with Gasteiger partial charge in [-0.1, -0.05) is 0 Å². The van der Waals surface area contributed by atoms with Crippen LogP contribution in [-0.2, 0) is 0 Å². The van der Waals surface area contributed by atoms with Crippen LogP contribution in [0.25, 0.3) is 0 Å². The standard InChI is InChI=1S/CH.HNO3.H3N/c;2-1(3)4;/h1H;(H,2,3,4);1H3. The van der Waals surface area contributed by atoms with E-state index >= 15 is 0 Å². The van der Waals surface area contributed by atoms with Crippen LogP contribution >= 0.6 is 0 Å². The maximum atomic E-state index is 8.36. The first-order valence-electron chi connectivity index (χ1n) is 0.565. The fraction of sp³-hybridized carbons (Fsp3) is 0. The summed E-state index contributed by atoms with van der Waals surface area (Å²) in [6.45, 7) is 0. The monoisotopic (exact) mass is 93.0 g/mol. The number of hydrogen-bond acceptors (Lipinski definition) is 3. The Morgan fingerprint density at radius 2 is 1.67 bits per heavy atom. The largest absolute Gasteiger partial charge is 0.344 e. The summed E-state index contributed by atoms with van der Waals surface area (Å²) in [5.74, 6) is 0. The highest BCUT2D eigenvalue weighted by Crippen LogP contribution is 1.38. The zero-order chi connectivity index (χ0) is 3.58. The molecule has 0 aromatic carbocycles. The molecule has 0 rings (SSSR count). The van der Waals surface area contributed by atoms with E-state index in [0.29, 0.717) is 0 Å². The minimum Gasteiger partial charge on any atom is -0.344 e. The van der Waals surface area contributed by atoms with Crippen molar-refractivity contribution in [1.82, 2.24) is 6.15 Å². The van der Waals surface area contributed by atoms with E-state index in [1.165, 1.54) is 0 Å². The van der Waals surface area contributed by atoms with Crippen molar-refractivity contribution in [3.63, 3.8) is 0 Å². The lowest BCUT2D eigenvalue weighted by Crippen LogP contribution is -1.81. The highest BCUT2D eigenvalue weighted by molar-refractivity contribution is 3.83. The van der Waals surface area contributed by atoms with Gasteiger partial charge in [0.05, 0.1) is 0 Å². The summed E-state index contributed by atoms with van der Waals surface area (Å²) in [6, 6.07) is 0. The van der Waals surface area contributed by atoms with E-state index in [2.05, 4.69) is 0 Å². The molecular weight excluding hydrogens is 88.0 g/mol. The minimum atomic E-state index is -1.50. The molecule has 4 N–H and O–H groups in total. The van der Waals surface area contributed by atoms with Crippen LogP contribution < -0.4 is 6.15 Å². The van der Waals surface area contributed by atoms with Crippen LogP contribution in [0.2, 0.25) is 0 Å². The van der Waals surface area contributed by atoms with Crippen LogP contribution in [0.3, 0.4) is 0 Å². The molecule has 0 amide bonds. The molecule has 0 saturated heterocycles. The van der Waals surface area contributed by atoms with Gasteiger partial charge in [-0.15, -0.1) is 10.1 Å². The average molecular weight is 93.1 g/mol. The smallest absolute Gasteiger partial charge is 0.291 e. The number of rotatable bonds is 0. The topological polar surface area (TPSA) is 98.4 Å². The lowest BCUT2D eigenvalue weighted by molar-refractivity contribution is -0.742. The molecule has 0 aromatic rings. The molecule has 0 atom stereocenters. The fourth-order valence-electron chi connectivity index (χ4n) is 0. The summed E-state index contributed by atoms with van der Waals surface area (Å²) in [7, 11) is 0. The second-order valence-corrected chi connectivity index (χ2v) is 0.238. The molecular formula is CH5N2O3. The van der Waals surface area contributed by atoms with Crippen LogP contribution in [0.1, 0.15) is 0 Å². The molecule has 37 valence electrons. The molecule has 0 bridgehead atoms. The van der Waals surface area contributed by atoms with E-state index in [9.17, 15) is 0 Å². The van der Waals surface area contributed by atoms with Crippen LogP contribution in [0, 0.1) is 17.5 Å². The number of hydrogen-bond donors (Lipinski definition) is 2. The van der Waals surface area contributed by atoms with Crippen molar-refractivity contribution < 1.29 is 10.3 Å². The molecule has 3 radical (unpaired) electrons. The summed E-state index contributed by atoms with van der Waals surface area (Å²) in [5, 5.41) is 13.6. The molecule has 0 saturated carbocycles. The van der Waals surface area contributed by atoms with Crippen LogP contribution in [0.4, 0.5) is 0 Å². The van der Waals surface area contributed by atoms with E-state index in [4.69, 9.17) is 15.3 Å². The Morgan fingerprint density at radius 1 is 1.67 bits per heavy atom. The zero-order valence-electron chi connectivity index (χ0n) is 3.00. The summed E-state index contributed by atoms with van der Waals surface area (Å²) in [5.41, 5.74) is 0. The van der Waals surface area contributed by atoms with Gasteiger partial charge in [0.25, 0.3) is 5.09 Å². The SMILES string of the molecule is N.O=[N+]([O-])O.[CH]. The molecule has 0 unspecified atom stereocenters. The summed E-state index contributed by atoms with van der Waals surface area (Å²) in [6.07, 6.45) is 0. The van der Waals surface area contributed by atoms with Gasteiger partial charge in [-0.3, -0.25) is 0 Å². The Morgan fingerprint density at radius 3 is 1.67 bits per heavy atom. The Balaban J connectivity index is -0.0000000450. The summed E-state index contributed by atoms with van der Waals surface area (Å²) in [4.78, 5) is 8.36. The van der Waals surface area contributed by atoms with Crippen molar-refractivity contribution in [3.8, 4) is 0 Å². The molecule has 5 heteroatoms.